The minimum atomic E-state index is -1.34. The summed E-state index contributed by atoms with van der Waals surface area (Å²) in [5.74, 6) is -1.56. The highest BCUT2D eigenvalue weighted by molar-refractivity contribution is 6.18. The first-order valence-electron chi connectivity index (χ1n) is 11.6. The first kappa shape index (κ1) is 30.5. The van der Waals surface area contributed by atoms with Gasteiger partial charge in [0.15, 0.2) is 0 Å². The molecule has 11 nitrogen and oxygen atoms in total. The molecule has 0 saturated heterocycles. The highest BCUT2D eigenvalue weighted by Crippen LogP contribution is 2.21. The number of alkyl halides is 2. The summed E-state index contributed by atoms with van der Waals surface area (Å²) in [6, 6.07) is 11.6. The number of urea groups is 1. The molecule has 2 aromatic carbocycles. The maximum absolute atomic E-state index is 12.5. The number of benzene rings is 2. The molecule has 1 atom stereocenters. The number of halogens is 2. The number of amides is 3. The first-order valence-corrected chi connectivity index (χ1v) is 12.7. The second-order valence-electron chi connectivity index (χ2n) is 8.11. The van der Waals surface area contributed by atoms with Crippen LogP contribution in [0.15, 0.2) is 48.5 Å². The van der Waals surface area contributed by atoms with E-state index in [1.165, 1.54) is 4.90 Å². The average Bonchev–Trinajstić information content (AvgIpc) is 2.89. The lowest BCUT2D eigenvalue weighted by molar-refractivity contribution is -0.140. The highest BCUT2D eigenvalue weighted by Gasteiger charge is 2.21. The Kier molecular flexibility index (Phi) is 12.5. The molecule has 0 fully saturated rings. The van der Waals surface area contributed by atoms with Gasteiger partial charge in [-0.25, -0.2) is 14.4 Å². The molecule has 206 valence electrons. The quantitative estimate of drug-likeness (QED) is 0.248. The van der Waals surface area contributed by atoms with Crippen molar-refractivity contribution in [3.05, 3.63) is 54.1 Å². The Bertz CT molecular complexity index is 1080. The largest absolute Gasteiger partial charge is 0.481 e. The number of anilines is 3. The zero-order valence-electron chi connectivity index (χ0n) is 20.7. The third kappa shape index (κ3) is 9.98. The summed E-state index contributed by atoms with van der Waals surface area (Å²) in [5, 5.41) is 22.5. The number of hydrogen-bond acceptors (Lipinski definition) is 6. The molecule has 4 N–H and O–H groups in total. The van der Waals surface area contributed by atoms with Crippen molar-refractivity contribution in [1.82, 2.24) is 5.32 Å². The molecule has 0 aliphatic rings. The maximum Gasteiger partial charge on any atom is 0.414 e. The SMILES string of the molecule is CN(C(=O)OCc1ccc(NC(=O)N[C@@H](CCC(=O)O)C(=O)O)cc1)c1ccc(N(CCCl)CCCl)cc1. The van der Waals surface area contributed by atoms with Crippen LogP contribution in [0.25, 0.3) is 0 Å². The van der Waals surface area contributed by atoms with E-state index in [0.717, 1.165) is 5.69 Å². The van der Waals surface area contributed by atoms with Gasteiger partial charge in [0.2, 0.25) is 0 Å². The number of carbonyl (C=O) groups excluding carboxylic acids is 2. The number of carboxylic acids is 2. The molecule has 0 aliphatic carbocycles. The Morgan fingerprint density at radius 3 is 2.03 bits per heavy atom. The van der Waals surface area contributed by atoms with Crippen LogP contribution in [0.1, 0.15) is 18.4 Å². The van der Waals surface area contributed by atoms with Crippen molar-refractivity contribution in [2.24, 2.45) is 0 Å². The summed E-state index contributed by atoms with van der Waals surface area (Å²) in [5.41, 5.74) is 2.62. The van der Waals surface area contributed by atoms with Crippen molar-refractivity contribution in [3.8, 4) is 0 Å². The second-order valence-corrected chi connectivity index (χ2v) is 8.87. The molecule has 13 heteroatoms. The van der Waals surface area contributed by atoms with Gasteiger partial charge in [0.05, 0.1) is 0 Å². The number of ether oxygens (including phenoxy) is 1. The molecule has 0 radical (unpaired) electrons. The minimum absolute atomic E-state index is 0.0107. The normalized spacial score (nSPS) is 11.2. The lowest BCUT2D eigenvalue weighted by Crippen LogP contribution is -2.43. The van der Waals surface area contributed by atoms with Crippen molar-refractivity contribution in [3.63, 3.8) is 0 Å². The number of nitrogens with one attached hydrogen (secondary N) is 2. The van der Waals surface area contributed by atoms with Crippen LogP contribution in [0.4, 0.5) is 26.7 Å². The van der Waals surface area contributed by atoms with Gasteiger partial charge in [-0.3, -0.25) is 9.69 Å². The van der Waals surface area contributed by atoms with Crippen LogP contribution in [0.5, 0.6) is 0 Å². The lowest BCUT2D eigenvalue weighted by atomic mass is 10.1. The molecule has 38 heavy (non-hydrogen) atoms. The summed E-state index contributed by atoms with van der Waals surface area (Å²) >= 11 is 11.7. The molecule has 2 rings (SSSR count). The van der Waals surface area contributed by atoms with Crippen molar-refractivity contribution in [1.29, 1.82) is 0 Å². The number of carbonyl (C=O) groups is 4. The molecule has 0 saturated carbocycles. The predicted molar refractivity (Wildman–Crippen MR) is 146 cm³/mol. The van der Waals surface area contributed by atoms with Crippen LogP contribution in [0.2, 0.25) is 0 Å². The number of hydrogen-bond donors (Lipinski definition) is 4. The van der Waals surface area contributed by atoms with E-state index in [2.05, 4.69) is 10.6 Å². The summed E-state index contributed by atoms with van der Waals surface area (Å²) in [6.07, 6.45) is -1.20. The number of carboxylic acid groups (broad SMARTS) is 2. The molecular weight excluding hydrogens is 539 g/mol. The van der Waals surface area contributed by atoms with Gasteiger partial charge in [-0.05, 0) is 48.4 Å². The van der Waals surface area contributed by atoms with Crippen molar-refractivity contribution < 1.29 is 34.1 Å². The summed E-state index contributed by atoms with van der Waals surface area (Å²) < 4.78 is 5.37. The molecule has 0 aliphatic heterocycles. The molecule has 0 unspecified atom stereocenters. The Morgan fingerprint density at radius 2 is 1.50 bits per heavy atom. The van der Waals surface area contributed by atoms with Crippen LogP contribution in [0, 0.1) is 0 Å². The van der Waals surface area contributed by atoms with Crippen molar-refractivity contribution in [2.75, 3.05) is 47.0 Å². The van der Waals surface area contributed by atoms with Gasteiger partial charge in [0.25, 0.3) is 0 Å². The van der Waals surface area contributed by atoms with Gasteiger partial charge >= 0.3 is 24.1 Å². The summed E-state index contributed by atoms with van der Waals surface area (Å²) in [4.78, 5) is 49.9. The summed E-state index contributed by atoms with van der Waals surface area (Å²) in [7, 11) is 1.60. The fourth-order valence-electron chi connectivity index (χ4n) is 3.34. The van der Waals surface area contributed by atoms with E-state index in [0.29, 0.717) is 41.8 Å². The van der Waals surface area contributed by atoms with Crippen LogP contribution >= 0.6 is 23.2 Å². The van der Waals surface area contributed by atoms with E-state index in [1.807, 2.05) is 17.0 Å². The van der Waals surface area contributed by atoms with Crippen molar-refractivity contribution >= 4 is 64.3 Å². The summed E-state index contributed by atoms with van der Waals surface area (Å²) in [6.45, 7) is 1.30. The number of nitrogens with zero attached hydrogens (tertiary/aromatic N) is 2. The third-order valence-corrected chi connectivity index (χ3v) is 5.75. The van der Waals surface area contributed by atoms with Crippen LogP contribution in [-0.2, 0) is 20.9 Å². The zero-order valence-corrected chi connectivity index (χ0v) is 22.2. The standard InChI is InChI=1S/C25H30Cl2N4O7/c1-30(19-6-8-20(9-7-19)31(14-12-26)15-13-27)25(37)38-16-17-2-4-18(5-3-17)28-24(36)29-21(23(34)35)10-11-22(32)33/h2-9,21H,10-16H2,1H3,(H,32,33)(H,34,35)(H2,28,29,36)/t21-/m0/s1. The van der Waals surface area contributed by atoms with Gasteiger partial charge < -0.3 is 30.5 Å². The topological polar surface area (TPSA) is 149 Å². The van der Waals surface area contributed by atoms with Gasteiger partial charge in [-0.1, -0.05) is 12.1 Å². The Balaban J connectivity index is 1.87. The zero-order chi connectivity index (χ0) is 28.1. The minimum Gasteiger partial charge on any atom is -0.481 e. The first-order chi connectivity index (χ1) is 18.1. The van der Waals surface area contributed by atoms with E-state index in [1.54, 1.807) is 43.4 Å². The van der Waals surface area contributed by atoms with E-state index in [4.69, 9.17) is 38.2 Å². The molecule has 0 aromatic heterocycles. The average molecular weight is 569 g/mol. The van der Waals surface area contributed by atoms with Crippen LogP contribution < -0.4 is 20.4 Å². The van der Waals surface area contributed by atoms with Crippen LogP contribution in [-0.4, -0.2) is 72.2 Å². The van der Waals surface area contributed by atoms with Gasteiger partial charge in [0, 0.05) is 55.4 Å². The van der Waals surface area contributed by atoms with E-state index < -0.39 is 36.5 Å². The second kappa shape index (κ2) is 15.5. The molecule has 3 amide bonds. The van der Waals surface area contributed by atoms with Gasteiger partial charge in [-0.15, -0.1) is 23.2 Å². The van der Waals surface area contributed by atoms with Crippen molar-refractivity contribution in [2.45, 2.75) is 25.5 Å². The molecule has 0 bridgehead atoms. The fourth-order valence-corrected chi connectivity index (χ4v) is 3.75. The maximum atomic E-state index is 12.5. The van der Waals surface area contributed by atoms with Gasteiger partial charge in [0.1, 0.15) is 12.6 Å². The lowest BCUT2D eigenvalue weighted by Gasteiger charge is -2.24. The van der Waals surface area contributed by atoms with Crippen LogP contribution in [0.3, 0.4) is 0 Å². The molecule has 2 aromatic rings. The number of aliphatic carboxylic acids is 2. The van der Waals surface area contributed by atoms with E-state index in [-0.39, 0.29) is 13.0 Å². The van der Waals surface area contributed by atoms with E-state index in [9.17, 15) is 19.2 Å². The van der Waals surface area contributed by atoms with Gasteiger partial charge in [-0.2, -0.15) is 0 Å². The Labute approximate surface area is 230 Å². The number of rotatable bonds is 14. The Hall–Kier alpha value is -3.70. The molecule has 0 heterocycles. The highest BCUT2D eigenvalue weighted by atomic mass is 35.5. The van der Waals surface area contributed by atoms with E-state index >= 15 is 0 Å². The fraction of sp³-hybridized carbons (Fsp3) is 0.360. The monoisotopic (exact) mass is 568 g/mol. The third-order valence-electron chi connectivity index (χ3n) is 5.41. The molecule has 0 spiro atoms. The Morgan fingerprint density at radius 1 is 0.921 bits per heavy atom. The molecular formula is C25H30Cl2N4O7. The smallest absolute Gasteiger partial charge is 0.414 e. The predicted octanol–water partition coefficient (Wildman–Crippen LogP) is 4.18.